The molecule has 1 N–H and O–H groups in total. The highest BCUT2D eigenvalue weighted by atomic mass is 32.2. The minimum atomic E-state index is -3.74. The van der Waals surface area contributed by atoms with Gasteiger partial charge in [-0.1, -0.05) is 26.0 Å². The Morgan fingerprint density at radius 1 is 1.12 bits per heavy atom. The van der Waals surface area contributed by atoms with Crippen LogP contribution in [-0.4, -0.2) is 33.0 Å². The molecule has 3 aromatic rings. The van der Waals surface area contributed by atoms with Gasteiger partial charge in [0.25, 0.3) is 10.0 Å². The van der Waals surface area contributed by atoms with Gasteiger partial charge in [-0.3, -0.25) is 14.0 Å². The topological polar surface area (TPSA) is 94.7 Å². The Labute approximate surface area is 152 Å². The highest BCUT2D eigenvalue weighted by molar-refractivity contribution is 7.92. The fourth-order valence-electron chi connectivity index (χ4n) is 2.67. The van der Waals surface area contributed by atoms with Crippen molar-refractivity contribution in [3.05, 3.63) is 48.2 Å². The van der Waals surface area contributed by atoms with Crippen molar-refractivity contribution < 1.29 is 8.42 Å². The van der Waals surface area contributed by atoms with Gasteiger partial charge in [0.2, 0.25) is 0 Å². The van der Waals surface area contributed by atoms with Gasteiger partial charge in [0, 0.05) is 6.54 Å². The molecule has 0 fully saturated rings. The molecule has 0 spiro atoms. The predicted molar refractivity (Wildman–Crippen MR) is 98.9 cm³/mol. The van der Waals surface area contributed by atoms with E-state index in [1.165, 1.54) is 12.7 Å². The molecule has 2 heterocycles. The van der Waals surface area contributed by atoms with Crippen molar-refractivity contribution >= 4 is 15.7 Å². The Kier molecular flexibility index (Phi) is 4.82. The third kappa shape index (κ3) is 3.34. The zero-order valence-corrected chi connectivity index (χ0v) is 16.0. The average Bonchev–Trinajstić information content (AvgIpc) is 3.24. The summed E-state index contributed by atoms with van der Waals surface area (Å²) in [5, 5.41) is 12.0. The van der Waals surface area contributed by atoms with E-state index < -0.39 is 10.0 Å². The maximum absolute atomic E-state index is 12.9. The first kappa shape index (κ1) is 18.1. The molecular weight excluding hydrogens is 352 g/mol. The van der Waals surface area contributed by atoms with E-state index in [0.29, 0.717) is 24.0 Å². The molecule has 0 unspecified atom stereocenters. The second-order valence-electron chi connectivity index (χ2n) is 6.30. The van der Waals surface area contributed by atoms with Crippen LogP contribution in [0.15, 0.2) is 41.8 Å². The lowest BCUT2D eigenvalue weighted by Crippen LogP contribution is -2.15. The number of anilines is 1. The molecule has 0 radical (unpaired) electrons. The molecule has 2 aromatic heterocycles. The van der Waals surface area contributed by atoms with Crippen molar-refractivity contribution in [2.24, 2.45) is 0 Å². The van der Waals surface area contributed by atoms with Crippen LogP contribution in [0.25, 0.3) is 5.82 Å². The first-order valence-corrected chi connectivity index (χ1v) is 9.87. The first-order chi connectivity index (χ1) is 12.3. The number of hydrogen-bond acceptors (Lipinski definition) is 5. The smallest absolute Gasteiger partial charge is 0.262 e. The Morgan fingerprint density at radius 3 is 2.27 bits per heavy atom. The fraction of sp³-hybridized carbons (Fsp3) is 0.353. The van der Waals surface area contributed by atoms with Crippen molar-refractivity contribution in [1.29, 1.82) is 0 Å². The fourth-order valence-corrected chi connectivity index (χ4v) is 3.79. The highest BCUT2D eigenvalue weighted by Crippen LogP contribution is 2.27. The Morgan fingerprint density at radius 2 is 1.73 bits per heavy atom. The van der Waals surface area contributed by atoms with Crippen LogP contribution in [0.1, 0.15) is 37.9 Å². The predicted octanol–water partition coefficient (Wildman–Crippen LogP) is 2.72. The summed E-state index contributed by atoms with van der Waals surface area (Å²) < 4.78 is 31.7. The van der Waals surface area contributed by atoms with E-state index in [1.54, 1.807) is 21.4 Å². The van der Waals surface area contributed by atoms with Gasteiger partial charge in [-0.25, -0.2) is 8.42 Å². The van der Waals surface area contributed by atoms with Gasteiger partial charge < -0.3 is 0 Å². The van der Waals surface area contributed by atoms with Crippen molar-refractivity contribution in [3.63, 3.8) is 0 Å². The summed E-state index contributed by atoms with van der Waals surface area (Å²) in [5.74, 6) is 0.779. The molecule has 8 nitrogen and oxygen atoms in total. The van der Waals surface area contributed by atoms with Crippen LogP contribution in [0.2, 0.25) is 0 Å². The van der Waals surface area contributed by atoms with E-state index in [0.717, 1.165) is 11.3 Å². The largest absolute Gasteiger partial charge is 0.274 e. The van der Waals surface area contributed by atoms with Gasteiger partial charge >= 0.3 is 0 Å². The van der Waals surface area contributed by atoms with Crippen molar-refractivity contribution in [1.82, 2.24) is 24.5 Å². The van der Waals surface area contributed by atoms with Crippen LogP contribution in [0.3, 0.4) is 0 Å². The summed E-state index contributed by atoms with van der Waals surface area (Å²) in [6.07, 6.45) is 2.97. The van der Waals surface area contributed by atoms with E-state index in [2.05, 4.69) is 33.9 Å². The SMILES string of the molecule is CCn1nc(-n2cnnc2)c(NS(=O)(=O)c2ccc(C(C)C)cc2)c1C. The molecule has 138 valence electrons. The number of aromatic nitrogens is 5. The normalized spacial score (nSPS) is 11.9. The molecule has 0 atom stereocenters. The monoisotopic (exact) mass is 374 g/mol. The second kappa shape index (κ2) is 6.91. The van der Waals surface area contributed by atoms with Crippen LogP contribution in [0, 0.1) is 6.92 Å². The lowest BCUT2D eigenvalue weighted by atomic mass is 10.0. The molecule has 0 aliphatic carbocycles. The van der Waals surface area contributed by atoms with Crippen LogP contribution in [-0.2, 0) is 16.6 Å². The van der Waals surface area contributed by atoms with Crippen LogP contribution >= 0.6 is 0 Å². The molecule has 3 rings (SSSR count). The van der Waals surface area contributed by atoms with Crippen LogP contribution < -0.4 is 4.72 Å². The maximum Gasteiger partial charge on any atom is 0.262 e. The molecule has 1 aromatic carbocycles. The molecule has 0 saturated carbocycles. The number of nitrogens with one attached hydrogen (secondary N) is 1. The lowest BCUT2D eigenvalue weighted by Gasteiger charge is -2.11. The van der Waals surface area contributed by atoms with Gasteiger partial charge in [0.15, 0.2) is 5.82 Å². The first-order valence-electron chi connectivity index (χ1n) is 8.38. The summed E-state index contributed by atoms with van der Waals surface area (Å²) >= 11 is 0. The van der Waals surface area contributed by atoms with Crippen molar-refractivity contribution in [2.75, 3.05) is 4.72 Å². The highest BCUT2D eigenvalue weighted by Gasteiger charge is 2.22. The van der Waals surface area contributed by atoms with Gasteiger partial charge in [-0.15, -0.1) is 10.2 Å². The third-order valence-corrected chi connectivity index (χ3v) is 5.61. The number of benzene rings is 1. The molecular formula is C17H22N6O2S. The third-order valence-electron chi connectivity index (χ3n) is 4.24. The number of nitrogens with zero attached hydrogens (tertiary/aromatic N) is 5. The number of sulfonamides is 1. The summed E-state index contributed by atoms with van der Waals surface area (Å²) in [7, 11) is -3.74. The average molecular weight is 374 g/mol. The zero-order chi connectivity index (χ0) is 18.9. The van der Waals surface area contributed by atoms with E-state index in [9.17, 15) is 8.42 Å². The molecule has 0 bridgehead atoms. The minimum absolute atomic E-state index is 0.209. The van der Waals surface area contributed by atoms with Gasteiger partial charge in [-0.2, -0.15) is 5.10 Å². The molecule has 0 saturated heterocycles. The van der Waals surface area contributed by atoms with Gasteiger partial charge in [0.05, 0.1) is 10.6 Å². The van der Waals surface area contributed by atoms with E-state index in [1.807, 2.05) is 26.0 Å². The lowest BCUT2D eigenvalue weighted by molar-refractivity contribution is 0.601. The van der Waals surface area contributed by atoms with Gasteiger partial charge in [-0.05, 0) is 37.5 Å². The zero-order valence-electron chi connectivity index (χ0n) is 15.2. The minimum Gasteiger partial charge on any atom is -0.274 e. The summed E-state index contributed by atoms with van der Waals surface area (Å²) in [5.41, 5.74) is 2.22. The number of hydrogen-bond donors (Lipinski definition) is 1. The van der Waals surface area contributed by atoms with Crippen LogP contribution in [0.4, 0.5) is 5.69 Å². The van der Waals surface area contributed by atoms with E-state index >= 15 is 0 Å². The standard InChI is InChI=1S/C17H22N6O2S/c1-5-23-13(4)16(17(20-23)22-10-18-19-11-22)21-26(24,25)15-8-6-14(7-9-15)12(2)3/h6-12,21H,5H2,1-4H3. The Hall–Kier alpha value is -2.68. The Balaban J connectivity index is 2.01. The molecule has 0 aliphatic heterocycles. The summed E-state index contributed by atoms with van der Waals surface area (Å²) in [6, 6.07) is 6.91. The quantitative estimate of drug-likeness (QED) is 0.716. The molecule has 0 amide bonds. The van der Waals surface area contributed by atoms with Gasteiger partial charge in [0.1, 0.15) is 18.3 Å². The van der Waals surface area contributed by atoms with Crippen LogP contribution in [0.5, 0.6) is 0 Å². The summed E-state index contributed by atoms with van der Waals surface area (Å²) in [4.78, 5) is 0.209. The Bertz CT molecular complexity index is 989. The summed E-state index contributed by atoms with van der Waals surface area (Å²) in [6.45, 7) is 8.51. The maximum atomic E-state index is 12.9. The molecule has 9 heteroatoms. The van der Waals surface area contributed by atoms with Crippen molar-refractivity contribution in [3.8, 4) is 5.82 Å². The number of rotatable bonds is 6. The number of aryl methyl sites for hydroxylation is 1. The molecule has 0 aliphatic rings. The van der Waals surface area contributed by atoms with E-state index in [4.69, 9.17) is 0 Å². The second-order valence-corrected chi connectivity index (χ2v) is 7.98. The molecule has 26 heavy (non-hydrogen) atoms. The van der Waals surface area contributed by atoms with E-state index in [-0.39, 0.29) is 4.90 Å². The van der Waals surface area contributed by atoms with Crippen molar-refractivity contribution in [2.45, 2.75) is 45.1 Å².